The molecule has 0 bridgehead atoms. The molecule has 94 valence electrons. The van der Waals surface area contributed by atoms with E-state index in [2.05, 4.69) is 18.7 Å². The average Bonchev–Trinajstić information content (AvgIpc) is 2.29. The van der Waals surface area contributed by atoms with Crippen LogP contribution in [0.1, 0.15) is 26.7 Å². The van der Waals surface area contributed by atoms with Gasteiger partial charge >= 0.3 is 0 Å². The number of halogens is 1. The molecule has 1 fully saturated rings. The standard InChI is InChI=1S/C14H20ClNO/c1-11(2)16-8-6-13(7-9-16)17-14-5-3-4-12(15)10-14/h3-5,10-11,13H,6-9H2,1-2H3. The zero-order chi connectivity index (χ0) is 12.3. The first-order valence-corrected chi connectivity index (χ1v) is 6.69. The molecule has 1 aromatic rings. The lowest BCUT2D eigenvalue weighted by molar-refractivity contribution is 0.0843. The van der Waals surface area contributed by atoms with Crippen LogP contribution in [0.15, 0.2) is 24.3 Å². The van der Waals surface area contributed by atoms with Gasteiger partial charge in [0.25, 0.3) is 0 Å². The SMILES string of the molecule is CC(C)N1CCC(Oc2cccc(Cl)c2)CC1. The van der Waals surface area contributed by atoms with Gasteiger partial charge in [0.2, 0.25) is 0 Å². The minimum Gasteiger partial charge on any atom is -0.490 e. The first-order valence-electron chi connectivity index (χ1n) is 6.31. The van der Waals surface area contributed by atoms with E-state index in [1.54, 1.807) is 0 Å². The minimum atomic E-state index is 0.337. The van der Waals surface area contributed by atoms with Gasteiger partial charge < -0.3 is 9.64 Å². The molecule has 1 aromatic carbocycles. The number of hydrogen-bond donors (Lipinski definition) is 0. The molecule has 0 aliphatic carbocycles. The van der Waals surface area contributed by atoms with E-state index in [4.69, 9.17) is 16.3 Å². The third-order valence-corrected chi connectivity index (χ3v) is 3.54. The second kappa shape index (κ2) is 5.74. The Morgan fingerprint density at radius 1 is 1.29 bits per heavy atom. The Balaban J connectivity index is 1.86. The molecule has 0 N–H and O–H groups in total. The highest BCUT2D eigenvalue weighted by molar-refractivity contribution is 6.30. The lowest BCUT2D eigenvalue weighted by Crippen LogP contribution is -2.41. The molecule has 0 unspecified atom stereocenters. The van der Waals surface area contributed by atoms with Gasteiger partial charge in [0.15, 0.2) is 0 Å². The Hall–Kier alpha value is -0.730. The van der Waals surface area contributed by atoms with Crippen molar-refractivity contribution in [2.24, 2.45) is 0 Å². The van der Waals surface area contributed by atoms with E-state index >= 15 is 0 Å². The Morgan fingerprint density at radius 3 is 2.59 bits per heavy atom. The number of ether oxygens (including phenoxy) is 1. The highest BCUT2D eigenvalue weighted by Crippen LogP contribution is 2.22. The molecule has 2 rings (SSSR count). The van der Waals surface area contributed by atoms with Crippen LogP contribution in [-0.2, 0) is 0 Å². The second-order valence-corrected chi connectivity index (χ2v) is 5.34. The summed E-state index contributed by atoms with van der Waals surface area (Å²) in [5, 5.41) is 0.738. The lowest BCUT2D eigenvalue weighted by Gasteiger charge is -2.34. The fourth-order valence-corrected chi connectivity index (χ4v) is 2.42. The molecule has 2 nitrogen and oxygen atoms in total. The Labute approximate surface area is 109 Å². The largest absolute Gasteiger partial charge is 0.490 e. The van der Waals surface area contributed by atoms with Crippen molar-refractivity contribution < 1.29 is 4.74 Å². The van der Waals surface area contributed by atoms with Crippen LogP contribution in [0.3, 0.4) is 0 Å². The molecule has 0 atom stereocenters. The van der Waals surface area contributed by atoms with Crippen LogP contribution in [-0.4, -0.2) is 30.1 Å². The van der Waals surface area contributed by atoms with Crippen molar-refractivity contribution in [2.45, 2.75) is 38.8 Å². The number of piperidine rings is 1. The molecule has 1 saturated heterocycles. The smallest absolute Gasteiger partial charge is 0.121 e. The van der Waals surface area contributed by atoms with Gasteiger partial charge in [-0.2, -0.15) is 0 Å². The normalized spacial score (nSPS) is 18.6. The highest BCUT2D eigenvalue weighted by atomic mass is 35.5. The molecule has 1 aliphatic rings. The summed E-state index contributed by atoms with van der Waals surface area (Å²) in [6, 6.07) is 8.30. The third kappa shape index (κ3) is 3.62. The Kier molecular flexibility index (Phi) is 4.30. The maximum absolute atomic E-state index is 5.95. The number of hydrogen-bond acceptors (Lipinski definition) is 2. The first kappa shape index (κ1) is 12.7. The zero-order valence-corrected chi connectivity index (χ0v) is 11.3. The topological polar surface area (TPSA) is 12.5 Å². The van der Waals surface area contributed by atoms with E-state index in [0.717, 1.165) is 36.7 Å². The van der Waals surface area contributed by atoms with Crippen LogP contribution in [0.4, 0.5) is 0 Å². The van der Waals surface area contributed by atoms with E-state index in [0.29, 0.717) is 12.1 Å². The maximum atomic E-state index is 5.95. The summed E-state index contributed by atoms with van der Waals surface area (Å²) in [6.45, 7) is 6.75. The summed E-state index contributed by atoms with van der Waals surface area (Å²) in [5.41, 5.74) is 0. The Bertz CT molecular complexity index is 359. The first-order chi connectivity index (χ1) is 8.15. The summed E-state index contributed by atoms with van der Waals surface area (Å²) in [5.74, 6) is 0.889. The maximum Gasteiger partial charge on any atom is 0.121 e. The summed E-state index contributed by atoms with van der Waals surface area (Å²) in [7, 11) is 0. The van der Waals surface area contributed by atoms with Crippen molar-refractivity contribution >= 4 is 11.6 Å². The van der Waals surface area contributed by atoms with Crippen molar-refractivity contribution in [3.05, 3.63) is 29.3 Å². The van der Waals surface area contributed by atoms with Crippen molar-refractivity contribution in [2.75, 3.05) is 13.1 Å². The molecule has 17 heavy (non-hydrogen) atoms. The van der Waals surface area contributed by atoms with E-state index in [9.17, 15) is 0 Å². The van der Waals surface area contributed by atoms with Crippen LogP contribution < -0.4 is 4.74 Å². The molecule has 1 heterocycles. The van der Waals surface area contributed by atoms with Crippen LogP contribution in [0.25, 0.3) is 0 Å². The predicted molar refractivity (Wildman–Crippen MR) is 71.8 cm³/mol. The highest BCUT2D eigenvalue weighted by Gasteiger charge is 2.21. The van der Waals surface area contributed by atoms with Gasteiger partial charge in [-0.1, -0.05) is 17.7 Å². The van der Waals surface area contributed by atoms with E-state index in [1.165, 1.54) is 0 Å². The minimum absolute atomic E-state index is 0.337. The van der Waals surface area contributed by atoms with Crippen LogP contribution in [0.5, 0.6) is 5.75 Å². The van der Waals surface area contributed by atoms with Crippen LogP contribution in [0.2, 0.25) is 5.02 Å². The summed E-state index contributed by atoms with van der Waals surface area (Å²) in [6.07, 6.45) is 2.54. The quantitative estimate of drug-likeness (QED) is 0.816. The molecule has 0 aromatic heterocycles. The fourth-order valence-electron chi connectivity index (χ4n) is 2.24. The summed E-state index contributed by atoms with van der Waals surface area (Å²) >= 11 is 5.94. The lowest BCUT2D eigenvalue weighted by atomic mass is 10.1. The number of likely N-dealkylation sites (tertiary alicyclic amines) is 1. The van der Waals surface area contributed by atoms with Crippen molar-refractivity contribution in [3.63, 3.8) is 0 Å². The molecule has 3 heteroatoms. The van der Waals surface area contributed by atoms with Gasteiger partial charge in [0.05, 0.1) is 0 Å². The van der Waals surface area contributed by atoms with Gasteiger partial charge in [-0.3, -0.25) is 0 Å². The molecule has 0 amide bonds. The van der Waals surface area contributed by atoms with Crippen molar-refractivity contribution in [1.82, 2.24) is 4.90 Å². The fraction of sp³-hybridized carbons (Fsp3) is 0.571. The zero-order valence-electron chi connectivity index (χ0n) is 10.5. The number of nitrogens with zero attached hydrogens (tertiary/aromatic N) is 1. The summed E-state index contributed by atoms with van der Waals surface area (Å²) in [4.78, 5) is 2.50. The molecule has 1 aliphatic heterocycles. The molecular weight excluding hydrogens is 234 g/mol. The van der Waals surface area contributed by atoms with Gasteiger partial charge in [0.1, 0.15) is 11.9 Å². The van der Waals surface area contributed by atoms with Crippen molar-refractivity contribution in [1.29, 1.82) is 0 Å². The van der Waals surface area contributed by atoms with E-state index < -0.39 is 0 Å². The number of rotatable bonds is 3. The number of benzene rings is 1. The van der Waals surface area contributed by atoms with Gasteiger partial charge in [-0.05, 0) is 44.9 Å². The van der Waals surface area contributed by atoms with Gasteiger partial charge in [0, 0.05) is 24.2 Å². The monoisotopic (exact) mass is 253 g/mol. The van der Waals surface area contributed by atoms with E-state index in [-0.39, 0.29) is 0 Å². The van der Waals surface area contributed by atoms with E-state index in [1.807, 2.05) is 24.3 Å². The predicted octanol–water partition coefficient (Wildman–Crippen LogP) is 3.59. The molecule has 0 saturated carbocycles. The van der Waals surface area contributed by atoms with Crippen LogP contribution >= 0.6 is 11.6 Å². The summed E-state index contributed by atoms with van der Waals surface area (Å²) < 4.78 is 5.95. The van der Waals surface area contributed by atoms with Gasteiger partial charge in [-0.15, -0.1) is 0 Å². The van der Waals surface area contributed by atoms with Crippen molar-refractivity contribution in [3.8, 4) is 5.75 Å². The van der Waals surface area contributed by atoms with Crippen LogP contribution in [0, 0.1) is 0 Å². The van der Waals surface area contributed by atoms with Gasteiger partial charge in [-0.25, -0.2) is 0 Å². The molecular formula is C14H20ClNO. The third-order valence-electron chi connectivity index (χ3n) is 3.31. The average molecular weight is 254 g/mol. The molecule has 0 radical (unpaired) electrons. The Morgan fingerprint density at radius 2 is 2.00 bits per heavy atom. The molecule has 0 spiro atoms. The second-order valence-electron chi connectivity index (χ2n) is 4.90.